The Morgan fingerprint density at radius 2 is 1.66 bits per heavy atom. The smallest absolute Gasteiger partial charge is 0.256 e. The Morgan fingerprint density at radius 3 is 2.34 bits per heavy atom. The zero-order chi connectivity index (χ0) is 20.2. The van der Waals surface area contributed by atoms with Crippen molar-refractivity contribution >= 4 is 11.8 Å². The minimum Gasteiger partial charge on any atom is -0.339 e. The van der Waals surface area contributed by atoms with E-state index in [9.17, 15) is 9.59 Å². The molecule has 7 heteroatoms. The van der Waals surface area contributed by atoms with Crippen LogP contribution in [0.2, 0.25) is 0 Å². The van der Waals surface area contributed by atoms with E-state index in [1.807, 2.05) is 34.9 Å². The number of hydrogen-bond donors (Lipinski definition) is 0. The van der Waals surface area contributed by atoms with Gasteiger partial charge in [-0.05, 0) is 31.4 Å². The minimum atomic E-state index is -0.00421. The lowest BCUT2D eigenvalue weighted by Gasteiger charge is -2.35. The van der Waals surface area contributed by atoms with Crippen molar-refractivity contribution < 1.29 is 9.59 Å². The molecule has 2 heterocycles. The van der Waals surface area contributed by atoms with Crippen molar-refractivity contribution in [2.75, 3.05) is 26.2 Å². The van der Waals surface area contributed by atoms with Gasteiger partial charge in [0.2, 0.25) is 5.91 Å². The van der Waals surface area contributed by atoms with Crippen molar-refractivity contribution in [3.8, 4) is 5.69 Å². The number of nitrogens with zero attached hydrogens (tertiary/aromatic N) is 5. The number of benzene rings is 1. The van der Waals surface area contributed by atoms with E-state index < -0.39 is 0 Å². The number of amides is 2. The van der Waals surface area contributed by atoms with E-state index in [0.29, 0.717) is 38.2 Å². The molecule has 0 spiro atoms. The third-order valence-corrected chi connectivity index (χ3v) is 6.24. The minimum absolute atomic E-state index is 0.00421. The van der Waals surface area contributed by atoms with Crippen LogP contribution in [0.4, 0.5) is 0 Å². The molecule has 2 fully saturated rings. The lowest BCUT2D eigenvalue weighted by Crippen LogP contribution is -2.50. The summed E-state index contributed by atoms with van der Waals surface area (Å²) in [6.45, 7) is 4.35. The largest absolute Gasteiger partial charge is 0.339 e. The monoisotopic (exact) mass is 395 g/mol. The van der Waals surface area contributed by atoms with Crippen LogP contribution in [-0.4, -0.2) is 62.6 Å². The van der Waals surface area contributed by atoms with E-state index in [4.69, 9.17) is 0 Å². The Labute approximate surface area is 171 Å². The number of aryl methyl sites for hydroxylation is 1. The normalized spacial score (nSPS) is 17.7. The van der Waals surface area contributed by atoms with Gasteiger partial charge in [0.05, 0.1) is 11.3 Å². The Kier molecular flexibility index (Phi) is 5.92. The summed E-state index contributed by atoms with van der Waals surface area (Å²) in [5, 5.41) is 7.71. The summed E-state index contributed by atoms with van der Waals surface area (Å²) in [6.07, 6.45) is 10.1. The Morgan fingerprint density at radius 1 is 1.00 bits per heavy atom. The van der Waals surface area contributed by atoms with Crippen molar-refractivity contribution in [3.63, 3.8) is 0 Å². The topological polar surface area (TPSA) is 71.3 Å². The number of aromatic nitrogens is 3. The first-order valence-corrected chi connectivity index (χ1v) is 10.6. The lowest BCUT2D eigenvalue weighted by molar-refractivity contribution is -0.133. The zero-order valence-electron chi connectivity index (χ0n) is 17.1. The summed E-state index contributed by atoms with van der Waals surface area (Å²) in [5.41, 5.74) is 2.46. The number of hydrogen-bond acceptors (Lipinski definition) is 4. The lowest BCUT2D eigenvalue weighted by atomic mass is 10.0. The van der Waals surface area contributed by atoms with Crippen molar-refractivity contribution in [1.29, 1.82) is 0 Å². The Bertz CT molecular complexity index is 850. The maximum atomic E-state index is 13.2. The number of rotatable bonds is 5. The van der Waals surface area contributed by atoms with Gasteiger partial charge < -0.3 is 9.80 Å². The van der Waals surface area contributed by atoms with E-state index in [1.165, 1.54) is 25.7 Å². The van der Waals surface area contributed by atoms with Crippen LogP contribution in [0.5, 0.6) is 0 Å². The molecular weight excluding hydrogens is 366 g/mol. The third kappa shape index (κ3) is 4.49. The number of carbonyl (C=O) groups is 2. The van der Waals surface area contributed by atoms with Crippen molar-refractivity contribution in [2.24, 2.45) is 5.92 Å². The number of piperazine rings is 1. The van der Waals surface area contributed by atoms with Crippen LogP contribution in [-0.2, 0) is 4.79 Å². The predicted molar refractivity (Wildman–Crippen MR) is 110 cm³/mol. The zero-order valence-corrected chi connectivity index (χ0v) is 17.1. The van der Waals surface area contributed by atoms with Gasteiger partial charge in [0, 0.05) is 32.6 Å². The van der Waals surface area contributed by atoms with E-state index in [1.54, 1.807) is 17.2 Å². The second-order valence-corrected chi connectivity index (χ2v) is 8.25. The van der Waals surface area contributed by atoms with Crippen LogP contribution in [0, 0.1) is 12.8 Å². The fraction of sp³-hybridized carbons (Fsp3) is 0.545. The molecule has 0 atom stereocenters. The fourth-order valence-electron chi connectivity index (χ4n) is 4.49. The molecule has 2 amide bonds. The van der Waals surface area contributed by atoms with Crippen molar-refractivity contribution in [2.45, 2.75) is 45.4 Å². The van der Waals surface area contributed by atoms with Crippen LogP contribution in [0.1, 0.15) is 54.4 Å². The van der Waals surface area contributed by atoms with Gasteiger partial charge in [-0.25, -0.2) is 0 Å². The van der Waals surface area contributed by atoms with E-state index in [2.05, 4.69) is 10.2 Å². The molecule has 1 saturated carbocycles. The maximum Gasteiger partial charge on any atom is 0.256 e. The standard InChI is InChI=1S/C22H29N5O2/c1-17-6-8-20(27-15-23-24-16-27)19(14-17)22(29)26-12-10-25(11-13-26)21(28)9-7-18-4-2-3-5-18/h6,8,14-16,18H,2-5,7,9-13H2,1H3. The quantitative estimate of drug-likeness (QED) is 0.780. The van der Waals surface area contributed by atoms with Crippen LogP contribution in [0.25, 0.3) is 5.69 Å². The van der Waals surface area contributed by atoms with Gasteiger partial charge in [0.1, 0.15) is 12.7 Å². The molecule has 1 aliphatic heterocycles. The average Bonchev–Trinajstić information content (AvgIpc) is 3.46. The first kappa shape index (κ1) is 19.6. The van der Waals surface area contributed by atoms with Crippen LogP contribution < -0.4 is 0 Å². The van der Waals surface area contributed by atoms with Gasteiger partial charge in [0.25, 0.3) is 5.91 Å². The molecule has 1 aromatic heterocycles. The Balaban J connectivity index is 1.37. The second-order valence-electron chi connectivity index (χ2n) is 8.25. The molecule has 0 radical (unpaired) electrons. The predicted octanol–water partition coefficient (Wildman–Crippen LogP) is 2.83. The van der Waals surface area contributed by atoms with Gasteiger partial charge in [0.15, 0.2) is 0 Å². The molecule has 0 unspecified atom stereocenters. The van der Waals surface area contributed by atoms with Crippen molar-refractivity contribution in [3.05, 3.63) is 42.0 Å². The Hall–Kier alpha value is -2.70. The molecule has 0 N–H and O–H groups in total. The fourth-order valence-corrected chi connectivity index (χ4v) is 4.49. The highest BCUT2D eigenvalue weighted by Gasteiger charge is 2.27. The molecule has 2 aliphatic rings. The van der Waals surface area contributed by atoms with E-state index >= 15 is 0 Å². The van der Waals surface area contributed by atoms with E-state index in [-0.39, 0.29) is 11.8 Å². The molecular formula is C22H29N5O2. The van der Waals surface area contributed by atoms with Crippen LogP contribution in [0.15, 0.2) is 30.9 Å². The molecule has 154 valence electrons. The summed E-state index contributed by atoms with van der Waals surface area (Å²) in [6, 6.07) is 5.82. The molecule has 4 rings (SSSR count). The molecule has 0 bridgehead atoms. The summed E-state index contributed by atoms with van der Waals surface area (Å²) >= 11 is 0. The third-order valence-electron chi connectivity index (χ3n) is 6.24. The highest BCUT2D eigenvalue weighted by molar-refractivity contribution is 5.98. The van der Waals surface area contributed by atoms with Crippen molar-refractivity contribution in [1.82, 2.24) is 24.6 Å². The van der Waals surface area contributed by atoms with Gasteiger partial charge >= 0.3 is 0 Å². The van der Waals surface area contributed by atoms with Gasteiger partial charge in [-0.2, -0.15) is 0 Å². The van der Waals surface area contributed by atoms with Crippen LogP contribution >= 0.6 is 0 Å². The summed E-state index contributed by atoms with van der Waals surface area (Å²) in [7, 11) is 0. The molecule has 29 heavy (non-hydrogen) atoms. The first-order chi connectivity index (χ1) is 14.1. The molecule has 7 nitrogen and oxygen atoms in total. The first-order valence-electron chi connectivity index (χ1n) is 10.6. The molecule has 2 aromatic rings. The molecule has 1 saturated heterocycles. The SMILES string of the molecule is Cc1ccc(-n2cnnc2)c(C(=O)N2CCN(C(=O)CCC3CCCC3)CC2)c1. The van der Waals surface area contributed by atoms with Gasteiger partial charge in [-0.15, -0.1) is 10.2 Å². The molecule has 1 aromatic carbocycles. The maximum absolute atomic E-state index is 13.2. The highest BCUT2D eigenvalue weighted by atomic mass is 16.2. The highest BCUT2D eigenvalue weighted by Crippen LogP contribution is 2.28. The second kappa shape index (κ2) is 8.76. The summed E-state index contributed by atoms with van der Waals surface area (Å²) in [5.74, 6) is 0.972. The summed E-state index contributed by atoms with van der Waals surface area (Å²) < 4.78 is 1.76. The van der Waals surface area contributed by atoms with Crippen LogP contribution in [0.3, 0.4) is 0 Å². The van der Waals surface area contributed by atoms with E-state index in [0.717, 1.165) is 23.6 Å². The molecule has 1 aliphatic carbocycles. The van der Waals surface area contributed by atoms with Gasteiger partial charge in [-0.1, -0.05) is 37.3 Å². The summed E-state index contributed by atoms with van der Waals surface area (Å²) in [4.78, 5) is 29.6. The number of carbonyl (C=O) groups excluding carboxylic acids is 2. The van der Waals surface area contributed by atoms with Gasteiger partial charge in [-0.3, -0.25) is 14.2 Å². The average molecular weight is 396 g/mol.